The number of allylic oxidation sites excluding steroid dienone is 3. The number of hydrogen-bond acceptors (Lipinski definition) is 4. The van der Waals surface area contributed by atoms with Gasteiger partial charge in [-0.15, -0.1) is 0 Å². The van der Waals surface area contributed by atoms with E-state index in [2.05, 4.69) is 5.32 Å². The topological polar surface area (TPSA) is 55.4 Å². The first-order chi connectivity index (χ1) is 14.5. The van der Waals surface area contributed by atoms with Crippen molar-refractivity contribution in [3.05, 3.63) is 94.1 Å². The van der Waals surface area contributed by atoms with E-state index in [0.29, 0.717) is 29.7 Å². The highest BCUT2D eigenvalue weighted by atomic mass is 19.1. The fourth-order valence-electron chi connectivity index (χ4n) is 4.23. The van der Waals surface area contributed by atoms with Gasteiger partial charge in [-0.3, -0.25) is 4.79 Å². The van der Waals surface area contributed by atoms with Crippen LogP contribution in [0.3, 0.4) is 0 Å². The number of ether oxygens (including phenoxy) is 1. The molecule has 1 aliphatic heterocycles. The van der Waals surface area contributed by atoms with Crippen LogP contribution < -0.4 is 5.32 Å². The summed E-state index contributed by atoms with van der Waals surface area (Å²) >= 11 is 0. The van der Waals surface area contributed by atoms with Crippen molar-refractivity contribution in [1.82, 2.24) is 5.32 Å². The summed E-state index contributed by atoms with van der Waals surface area (Å²) in [5.41, 5.74) is 4.37. The third kappa shape index (κ3) is 4.06. The molecular weight excluding hydrogens is 381 g/mol. The Hall–Kier alpha value is -3.21. The fourth-order valence-corrected chi connectivity index (χ4v) is 4.23. The lowest BCUT2D eigenvalue weighted by Gasteiger charge is -2.34. The molecule has 0 amide bonds. The molecular formula is C25H24FNO3. The van der Waals surface area contributed by atoms with Gasteiger partial charge < -0.3 is 10.1 Å². The van der Waals surface area contributed by atoms with Crippen LogP contribution in [0, 0.1) is 5.82 Å². The zero-order valence-electron chi connectivity index (χ0n) is 16.9. The molecule has 0 fully saturated rings. The standard InChI is InChI=1S/C25H24FNO3/c1-16-22(25(29)30-15-14-17-6-3-2-4-7-17)23(18-10-12-19(26)13-11-18)24-20(27-16)8-5-9-21(24)28/h2-4,6-7,10-13,23,27H,5,8-9,14-15H2,1H3. The SMILES string of the molecule is CC1=C(C(=O)OCCc2ccccc2)C(c2ccc(F)cc2)C2=C(CCCC2=O)N1. The molecule has 0 aromatic heterocycles. The highest BCUT2D eigenvalue weighted by Crippen LogP contribution is 2.42. The number of dihydropyridines is 1. The largest absolute Gasteiger partial charge is 0.462 e. The van der Waals surface area contributed by atoms with Gasteiger partial charge in [-0.25, -0.2) is 9.18 Å². The third-order valence-corrected chi connectivity index (χ3v) is 5.67. The maximum Gasteiger partial charge on any atom is 0.336 e. The second kappa shape index (κ2) is 8.66. The molecule has 154 valence electrons. The third-order valence-electron chi connectivity index (χ3n) is 5.67. The molecule has 1 N–H and O–H groups in total. The molecule has 0 saturated heterocycles. The van der Waals surface area contributed by atoms with Crippen LogP contribution in [0.25, 0.3) is 0 Å². The number of ketones is 1. The minimum atomic E-state index is -0.543. The first-order valence-electron chi connectivity index (χ1n) is 10.2. The van der Waals surface area contributed by atoms with Gasteiger partial charge in [0.2, 0.25) is 0 Å². The van der Waals surface area contributed by atoms with Crippen LogP contribution in [0.15, 0.2) is 77.1 Å². The molecule has 1 heterocycles. The normalized spacial score (nSPS) is 18.7. The summed E-state index contributed by atoms with van der Waals surface area (Å²) in [5, 5.41) is 3.26. The number of benzene rings is 2. The lowest BCUT2D eigenvalue weighted by Crippen LogP contribution is -2.34. The number of carbonyl (C=O) groups excluding carboxylic acids is 2. The van der Waals surface area contributed by atoms with Gasteiger partial charge in [-0.1, -0.05) is 42.5 Å². The molecule has 4 nitrogen and oxygen atoms in total. The van der Waals surface area contributed by atoms with Gasteiger partial charge in [0.15, 0.2) is 5.78 Å². The minimum absolute atomic E-state index is 0.0279. The quantitative estimate of drug-likeness (QED) is 0.740. The van der Waals surface area contributed by atoms with Crippen molar-refractivity contribution >= 4 is 11.8 Å². The number of nitrogens with one attached hydrogen (secondary N) is 1. The summed E-state index contributed by atoms with van der Waals surface area (Å²) in [7, 11) is 0. The van der Waals surface area contributed by atoms with Crippen molar-refractivity contribution in [3.8, 4) is 0 Å². The maximum atomic E-state index is 13.5. The highest BCUT2D eigenvalue weighted by Gasteiger charge is 2.39. The summed E-state index contributed by atoms with van der Waals surface area (Å²) in [6.45, 7) is 2.07. The van der Waals surface area contributed by atoms with E-state index in [9.17, 15) is 14.0 Å². The van der Waals surface area contributed by atoms with Crippen LogP contribution in [0.1, 0.15) is 43.2 Å². The molecule has 2 aromatic rings. The molecule has 1 atom stereocenters. The van der Waals surface area contributed by atoms with E-state index >= 15 is 0 Å². The summed E-state index contributed by atoms with van der Waals surface area (Å²) in [5.74, 6) is -1.32. The molecule has 4 rings (SSSR count). The lowest BCUT2D eigenvalue weighted by atomic mass is 9.75. The van der Waals surface area contributed by atoms with Gasteiger partial charge in [-0.2, -0.15) is 0 Å². The van der Waals surface area contributed by atoms with E-state index in [0.717, 1.165) is 29.7 Å². The molecule has 0 radical (unpaired) electrons. The Labute approximate surface area is 175 Å². The molecule has 0 spiro atoms. The van der Waals surface area contributed by atoms with Gasteiger partial charge in [0.05, 0.1) is 12.2 Å². The predicted octanol–water partition coefficient (Wildman–Crippen LogP) is 4.58. The number of esters is 1. The van der Waals surface area contributed by atoms with Crippen molar-refractivity contribution in [3.63, 3.8) is 0 Å². The number of halogens is 1. The van der Waals surface area contributed by atoms with Crippen molar-refractivity contribution in [1.29, 1.82) is 0 Å². The average Bonchev–Trinajstić information content (AvgIpc) is 2.74. The molecule has 0 bridgehead atoms. The van der Waals surface area contributed by atoms with Crippen LogP contribution in [0.2, 0.25) is 0 Å². The molecule has 30 heavy (non-hydrogen) atoms. The Kier molecular flexibility index (Phi) is 5.79. The van der Waals surface area contributed by atoms with E-state index in [1.54, 1.807) is 12.1 Å². The summed E-state index contributed by atoms with van der Waals surface area (Å²) in [6.07, 6.45) is 2.60. The van der Waals surface area contributed by atoms with E-state index in [-0.39, 0.29) is 18.2 Å². The summed E-state index contributed by atoms with van der Waals surface area (Å²) in [4.78, 5) is 25.9. The van der Waals surface area contributed by atoms with Crippen LogP contribution >= 0.6 is 0 Å². The second-order valence-corrected chi connectivity index (χ2v) is 7.69. The Morgan fingerprint density at radius 3 is 2.57 bits per heavy atom. The first kappa shape index (κ1) is 20.1. The number of Topliss-reactive ketones (excluding diaryl/α,β-unsaturated/α-hetero) is 1. The van der Waals surface area contributed by atoms with Crippen molar-refractivity contribution in [2.24, 2.45) is 0 Å². The van der Waals surface area contributed by atoms with E-state index in [1.807, 2.05) is 37.3 Å². The molecule has 2 aliphatic rings. The van der Waals surface area contributed by atoms with Crippen molar-refractivity contribution in [2.45, 2.75) is 38.5 Å². The van der Waals surface area contributed by atoms with Gasteiger partial charge in [0.1, 0.15) is 5.82 Å². The Morgan fingerprint density at radius 1 is 1.10 bits per heavy atom. The summed E-state index contributed by atoms with van der Waals surface area (Å²) < 4.78 is 19.1. The number of rotatable bonds is 5. The maximum absolute atomic E-state index is 13.5. The van der Waals surface area contributed by atoms with Crippen LogP contribution in [0.4, 0.5) is 4.39 Å². The highest BCUT2D eigenvalue weighted by molar-refractivity contribution is 6.03. The Morgan fingerprint density at radius 2 is 1.83 bits per heavy atom. The number of hydrogen-bond donors (Lipinski definition) is 1. The zero-order chi connectivity index (χ0) is 21.1. The lowest BCUT2D eigenvalue weighted by molar-refractivity contribution is -0.139. The van der Waals surface area contributed by atoms with Gasteiger partial charge in [0, 0.05) is 35.7 Å². The number of carbonyl (C=O) groups is 2. The fraction of sp³-hybridized carbons (Fsp3) is 0.280. The van der Waals surface area contributed by atoms with E-state index in [1.165, 1.54) is 12.1 Å². The molecule has 1 aliphatic carbocycles. The van der Waals surface area contributed by atoms with Crippen LogP contribution in [0.5, 0.6) is 0 Å². The Balaban J connectivity index is 1.63. The van der Waals surface area contributed by atoms with Crippen LogP contribution in [-0.2, 0) is 20.7 Å². The van der Waals surface area contributed by atoms with E-state index in [4.69, 9.17) is 4.74 Å². The zero-order valence-corrected chi connectivity index (χ0v) is 16.9. The Bertz CT molecular complexity index is 1020. The average molecular weight is 405 g/mol. The van der Waals surface area contributed by atoms with Crippen LogP contribution in [-0.4, -0.2) is 18.4 Å². The predicted molar refractivity (Wildman–Crippen MR) is 112 cm³/mol. The first-order valence-corrected chi connectivity index (χ1v) is 10.2. The van der Waals surface area contributed by atoms with Crippen molar-refractivity contribution < 1.29 is 18.7 Å². The second-order valence-electron chi connectivity index (χ2n) is 7.69. The van der Waals surface area contributed by atoms with Crippen molar-refractivity contribution in [2.75, 3.05) is 6.61 Å². The summed E-state index contributed by atoms with van der Waals surface area (Å²) in [6, 6.07) is 15.8. The molecule has 0 saturated carbocycles. The van der Waals surface area contributed by atoms with E-state index < -0.39 is 11.9 Å². The minimum Gasteiger partial charge on any atom is -0.462 e. The molecule has 1 unspecified atom stereocenters. The molecule has 2 aromatic carbocycles. The monoisotopic (exact) mass is 405 g/mol. The molecule has 5 heteroatoms. The van der Waals surface area contributed by atoms with Gasteiger partial charge in [-0.05, 0) is 43.0 Å². The smallest absolute Gasteiger partial charge is 0.336 e. The van der Waals surface area contributed by atoms with Gasteiger partial charge in [0.25, 0.3) is 0 Å². The van der Waals surface area contributed by atoms with Gasteiger partial charge >= 0.3 is 5.97 Å².